The molecule has 0 N–H and O–H groups in total. The molecule has 1 atom stereocenters. The van der Waals surface area contributed by atoms with E-state index in [1.807, 2.05) is 6.92 Å². The van der Waals surface area contributed by atoms with Crippen LogP contribution in [0.15, 0.2) is 53.4 Å². The summed E-state index contributed by atoms with van der Waals surface area (Å²) in [6, 6.07) is 11.3. The molecule has 0 fully saturated rings. The van der Waals surface area contributed by atoms with Gasteiger partial charge in [-0.15, -0.1) is 0 Å². The second-order valence-corrected chi connectivity index (χ2v) is 6.40. The molecule has 0 aromatic heterocycles. The summed E-state index contributed by atoms with van der Waals surface area (Å²) in [6.45, 7) is 9.00. The first-order valence-corrected chi connectivity index (χ1v) is 7.42. The molecule has 0 bridgehead atoms. The summed E-state index contributed by atoms with van der Waals surface area (Å²) in [4.78, 5) is 3.29. The molecule has 5 heteroatoms. The Balaban J connectivity index is 2.48. The number of hydrogen-bond acceptors (Lipinski definition) is 2. The van der Waals surface area contributed by atoms with Gasteiger partial charge in [0.1, 0.15) is 5.82 Å². The Morgan fingerprint density at radius 3 is 2.10 bits per heavy atom. The van der Waals surface area contributed by atoms with Crippen molar-refractivity contribution < 1.29 is 12.8 Å². The Labute approximate surface area is 117 Å². The first-order valence-electron chi connectivity index (χ1n) is 5.88. The van der Waals surface area contributed by atoms with Crippen molar-refractivity contribution >= 4 is 9.84 Å². The van der Waals surface area contributed by atoms with Crippen LogP contribution in [0.3, 0.4) is 0 Å². The lowest BCUT2D eigenvalue weighted by molar-refractivity contribution is 0.589. The van der Waals surface area contributed by atoms with Crippen LogP contribution in [0.4, 0.5) is 4.39 Å². The van der Waals surface area contributed by atoms with Gasteiger partial charge < -0.3 is 0 Å². The number of aryl methyl sites for hydroxylation is 1. The van der Waals surface area contributed by atoms with Crippen molar-refractivity contribution in [3.8, 4) is 0 Å². The molecule has 0 radical (unpaired) electrons. The maximum atomic E-state index is 12.9. The number of rotatable bonds is 3. The van der Waals surface area contributed by atoms with Crippen molar-refractivity contribution in [2.24, 2.45) is 0 Å². The van der Waals surface area contributed by atoms with Crippen LogP contribution in [0.2, 0.25) is 0 Å². The molecule has 2 rings (SSSR count). The molecule has 0 amide bonds. The van der Waals surface area contributed by atoms with E-state index in [4.69, 9.17) is 6.57 Å². The lowest BCUT2D eigenvalue weighted by atomic mass is 10.2. The summed E-state index contributed by atoms with van der Waals surface area (Å²) in [6.07, 6.45) is 0. The predicted octanol–water partition coefficient (Wildman–Crippen LogP) is 3.53. The van der Waals surface area contributed by atoms with Crippen LogP contribution in [-0.2, 0) is 9.84 Å². The molecule has 0 aliphatic heterocycles. The third-order valence-corrected chi connectivity index (χ3v) is 4.81. The molecule has 0 saturated heterocycles. The smallest absolute Gasteiger partial charge is 0.291 e. The minimum atomic E-state index is -3.81. The SMILES string of the molecule is [C-]#[N+][C@@H](c1ccc(F)cc1)S(=O)(=O)c1ccc(C)cc1. The largest absolute Gasteiger partial charge is 0.350 e. The second kappa shape index (κ2) is 5.43. The van der Waals surface area contributed by atoms with Crippen molar-refractivity contribution in [3.63, 3.8) is 0 Å². The third-order valence-electron chi connectivity index (χ3n) is 2.92. The van der Waals surface area contributed by atoms with Gasteiger partial charge in [0.15, 0.2) is 0 Å². The molecule has 0 aliphatic rings. The summed E-state index contributed by atoms with van der Waals surface area (Å²) in [5, 5.41) is -1.36. The van der Waals surface area contributed by atoms with Crippen LogP contribution >= 0.6 is 0 Å². The van der Waals surface area contributed by atoms with Gasteiger partial charge in [0, 0.05) is 0 Å². The van der Waals surface area contributed by atoms with Crippen molar-refractivity contribution in [1.82, 2.24) is 0 Å². The van der Waals surface area contributed by atoms with E-state index < -0.39 is 21.0 Å². The minimum absolute atomic E-state index is 0.0911. The summed E-state index contributed by atoms with van der Waals surface area (Å²) >= 11 is 0. The van der Waals surface area contributed by atoms with Crippen LogP contribution in [-0.4, -0.2) is 8.42 Å². The zero-order valence-electron chi connectivity index (χ0n) is 10.7. The molecule has 0 unspecified atom stereocenters. The molecule has 0 spiro atoms. The molecular formula is C15H12FNO2S. The van der Waals surface area contributed by atoms with Gasteiger partial charge in [0.2, 0.25) is 0 Å². The summed E-state index contributed by atoms with van der Waals surface area (Å²) in [7, 11) is -3.81. The fourth-order valence-corrected chi connectivity index (χ4v) is 3.23. The van der Waals surface area contributed by atoms with Crippen LogP contribution < -0.4 is 0 Å². The monoisotopic (exact) mass is 289 g/mol. The van der Waals surface area contributed by atoms with Gasteiger partial charge in [-0.05, 0) is 43.3 Å². The zero-order chi connectivity index (χ0) is 14.8. The summed E-state index contributed by atoms with van der Waals surface area (Å²) < 4.78 is 37.8. The van der Waals surface area contributed by atoms with E-state index in [0.717, 1.165) is 17.7 Å². The van der Waals surface area contributed by atoms with Gasteiger partial charge >= 0.3 is 5.37 Å². The lowest BCUT2D eigenvalue weighted by Gasteiger charge is -2.08. The highest BCUT2D eigenvalue weighted by Crippen LogP contribution is 2.30. The molecule has 3 nitrogen and oxygen atoms in total. The fourth-order valence-electron chi connectivity index (χ4n) is 1.81. The highest BCUT2D eigenvalue weighted by atomic mass is 32.2. The standard InChI is InChI=1S/C15H12FNO2S/c1-11-3-9-14(10-4-11)20(18,19)15(17-2)12-5-7-13(16)8-6-12/h3-10,15H,1H3/t15-/m1/s1. The second-order valence-electron chi connectivity index (χ2n) is 4.39. The normalized spacial score (nSPS) is 12.7. The topological polar surface area (TPSA) is 38.5 Å². The van der Waals surface area contributed by atoms with Gasteiger partial charge in [0.05, 0.1) is 10.5 Å². The highest BCUT2D eigenvalue weighted by molar-refractivity contribution is 7.91. The summed E-state index contributed by atoms with van der Waals surface area (Å²) in [5.74, 6) is -0.467. The van der Waals surface area contributed by atoms with E-state index in [1.165, 1.54) is 24.3 Å². The van der Waals surface area contributed by atoms with Crippen molar-refractivity contribution in [2.45, 2.75) is 17.2 Å². The van der Waals surface area contributed by atoms with Crippen molar-refractivity contribution in [3.05, 3.63) is 76.9 Å². The number of halogens is 1. The first kappa shape index (κ1) is 14.2. The Bertz CT molecular complexity index is 744. The molecule has 2 aromatic carbocycles. The maximum absolute atomic E-state index is 12.9. The average molecular weight is 289 g/mol. The lowest BCUT2D eigenvalue weighted by Crippen LogP contribution is -2.10. The quantitative estimate of drug-likeness (QED) is 0.811. The Morgan fingerprint density at radius 1 is 1.05 bits per heavy atom. The van der Waals surface area contributed by atoms with Gasteiger partial charge in [-0.2, -0.15) is 0 Å². The van der Waals surface area contributed by atoms with Crippen molar-refractivity contribution in [1.29, 1.82) is 0 Å². The van der Waals surface area contributed by atoms with Crippen LogP contribution in [0.1, 0.15) is 16.5 Å². The highest BCUT2D eigenvalue weighted by Gasteiger charge is 2.34. The fraction of sp³-hybridized carbons (Fsp3) is 0.133. The molecule has 0 saturated carbocycles. The van der Waals surface area contributed by atoms with Crippen LogP contribution in [0, 0.1) is 19.3 Å². The number of benzene rings is 2. The van der Waals surface area contributed by atoms with E-state index >= 15 is 0 Å². The van der Waals surface area contributed by atoms with Crippen molar-refractivity contribution in [2.75, 3.05) is 0 Å². The van der Waals surface area contributed by atoms with E-state index in [0.29, 0.717) is 0 Å². The van der Waals surface area contributed by atoms with Crippen LogP contribution in [0.5, 0.6) is 0 Å². The number of hydrogen-bond donors (Lipinski definition) is 0. The number of nitrogens with zero attached hydrogens (tertiary/aromatic N) is 1. The average Bonchev–Trinajstić information content (AvgIpc) is 2.42. The zero-order valence-corrected chi connectivity index (χ0v) is 11.6. The van der Waals surface area contributed by atoms with Gasteiger partial charge in [0.25, 0.3) is 9.84 Å². The van der Waals surface area contributed by atoms with E-state index in [1.54, 1.807) is 12.1 Å². The van der Waals surface area contributed by atoms with Crippen LogP contribution in [0.25, 0.3) is 4.85 Å². The Hall–Kier alpha value is -2.19. The first-order chi connectivity index (χ1) is 9.45. The Morgan fingerprint density at radius 2 is 1.60 bits per heavy atom. The molecular weight excluding hydrogens is 277 g/mol. The molecule has 2 aromatic rings. The molecule has 20 heavy (non-hydrogen) atoms. The molecule has 0 aliphatic carbocycles. The number of sulfone groups is 1. The Kier molecular flexibility index (Phi) is 3.86. The van der Waals surface area contributed by atoms with Gasteiger partial charge in [-0.25, -0.2) is 19.4 Å². The minimum Gasteiger partial charge on any atom is -0.291 e. The maximum Gasteiger partial charge on any atom is 0.350 e. The van der Waals surface area contributed by atoms with E-state index in [9.17, 15) is 12.8 Å². The third kappa shape index (κ3) is 2.70. The molecule has 0 heterocycles. The van der Waals surface area contributed by atoms with Gasteiger partial charge in [-0.1, -0.05) is 17.7 Å². The van der Waals surface area contributed by atoms with Gasteiger partial charge in [-0.3, -0.25) is 4.85 Å². The summed E-state index contributed by atoms with van der Waals surface area (Å²) in [5.41, 5.74) is 1.20. The van der Waals surface area contributed by atoms with E-state index in [-0.39, 0.29) is 10.5 Å². The molecule has 102 valence electrons. The van der Waals surface area contributed by atoms with E-state index in [2.05, 4.69) is 4.85 Å². The predicted molar refractivity (Wildman–Crippen MR) is 74.1 cm³/mol.